The lowest BCUT2D eigenvalue weighted by molar-refractivity contribution is -0.135. The molecule has 0 saturated heterocycles. The van der Waals surface area contributed by atoms with E-state index in [9.17, 15) is 9.59 Å². The van der Waals surface area contributed by atoms with Gasteiger partial charge in [-0.2, -0.15) is 0 Å². The van der Waals surface area contributed by atoms with Gasteiger partial charge in [0, 0.05) is 0 Å². The van der Waals surface area contributed by atoms with Gasteiger partial charge < -0.3 is 5.11 Å². The van der Waals surface area contributed by atoms with E-state index in [1.807, 2.05) is 0 Å². The Bertz CT molecular complexity index is 97.8. The van der Waals surface area contributed by atoms with E-state index in [1.54, 1.807) is 6.92 Å². The van der Waals surface area contributed by atoms with Gasteiger partial charge in [-0.15, -0.1) is 0 Å². The lowest BCUT2D eigenvalue weighted by Crippen LogP contribution is -2.19. The molecule has 8 heavy (non-hydrogen) atoms. The highest BCUT2D eigenvalue weighted by Gasteiger charge is 2.09. The molecule has 0 fully saturated rings. The van der Waals surface area contributed by atoms with E-state index in [-0.39, 0.29) is 6.29 Å². The van der Waals surface area contributed by atoms with E-state index in [2.05, 4.69) is 0 Å². The van der Waals surface area contributed by atoms with Gasteiger partial charge in [-0.3, -0.25) is 9.59 Å². The Morgan fingerprint density at radius 2 is 2.38 bits per heavy atom. The fourth-order valence-corrected chi connectivity index (χ4v) is 0.280. The summed E-state index contributed by atoms with van der Waals surface area (Å²) >= 11 is 0. The second-order valence-corrected chi connectivity index (χ2v) is 1.44. The molecule has 0 saturated carbocycles. The Morgan fingerprint density at radius 3 is 2.50 bits per heavy atom. The molecule has 0 spiro atoms. The van der Waals surface area contributed by atoms with Crippen LogP contribution < -0.4 is 0 Å². The van der Waals surface area contributed by atoms with Gasteiger partial charge in [0.15, 0.2) is 6.29 Å². The first-order valence-electron chi connectivity index (χ1n) is 2.39. The van der Waals surface area contributed by atoms with Crippen LogP contribution in [0.2, 0.25) is 0 Å². The smallest absolute Gasteiger partial charge is 0.223 e. The number of rotatable bonds is 3. The van der Waals surface area contributed by atoms with E-state index < -0.39 is 11.9 Å². The van der Waals surface area contributed by atoms with Crippen molar-refractivity contribution in [2.75, 3.05) is 0 Å². The highest BCUT2D eigenvalue weighted by Crippen LogP contribution is 1.87. The first-order chi connectivity index (χ1) is 3.72. The van der Waals surface area contributed by atoms with Crippen LogP contribution in [0.1, 0.15) is 13.3 Å². The van der Waals surface area contributed by atoms with Gasteiger partial charge in [-0.1, -0.05) is 6.92 Å². The maximum absolute atomic E-state index is 10.1. The predicted molar refractivity (Wildman–Crippen MR) is 27.4 cm³/mol. The molecule has 0 aromatic carbocycles. The monoisotopic (exact) mass is 116 g/mol. The molecular formula is C5H8O3. The Morgan fingerprint density at radius 1 is 1.88 bits per heavy atom. The van der Waals surface area contributed by atoms with E-state index in [4.69, 9.17) is 5.11 Å². The maximum Gasteiger partial charge on any atom is 0.223 e. The van der Waals surface area contributed by atoms with Crippen LogP contribution in [0, 0.1) is 0 Å². The number of carbonyl (C=O) groups is 2. The number of hydrogen-bond donors (Lipinski definition) is 1. The van der Waals surface area contributed by atoms with Crippen LogP contribution in [0.15, 0.2) is 0 Å². The van der Waals surface area contributed by atoms with Crippen LogP contribution in [0.5, 0.6) is 0 Å². The number of aliphatic hydroxyl groups excluding tert-OH is 1. The molecule has 0 aliphatic heterocycles. The molecule has 0 bridgehead atoms. The van der Waals surface area contributed by atoms with E-state index >= 15 is 0 Å². The van der Waals surface area contributed by atoms with Gasteiger partial charge in [0.2, 0.25) is 5.78 Å². The fraction of sp³-hybridized carbons (Fsp3) is 0.600. The molecule has 3 heteroatoms. The third-order valence-corrected chi connectivity index (χ3v) is 0.831. The summed E-state index contributed by atoms with van der Waals surface area (Å²) in [6, 6.07) is 0. The third-order valence-electron chi connectivity index (χ3n) is 0.831. The molecule has 3 nitrogen and oxygen atoms in total. The van der Waals surface area contributed by atoms with Crippen molar-refractivity contribution in [1.29, 1.82) is 0 Å². The summed E-state index contributed by atoms with van der Waals surface area (Å²) in [6.07, 6.45) is -0.654. The number of Topliss-reactive ketones (excluding diaryl/α,β-unsaturated/α-hetero) is 1. The first kappa shape index (κ1) is 7.30. The molecule has 0 radical (unpaired) electrons. The molecule has 1 atom stereocenters. The van der Waals surface area contributed by atoms with Crippen molar-refractivity contribution in [2.24, 2.45) is 0 Å². The zero-order chi connectivity index (χ0) is 6.57. The molecule has 0 aromatic rings. The second kappa shape index (κ2) is 3.32. The summed E-state index contributed by atoms with van der Waals surface area (Å²) < 4.78 is 0. The molecule has 0 aliphatic rings. The average Bonchev–Trinajstić information content (AvgIpc) is 1.84. The molecule has 46 valence electrons. The quantitative estimate of drug-likeness (QED) is 0.400. The first-order valence-corrected chi connectivity index (χ1v) is 2.39. The SMILES string of the molecule is CC[C@@H](O)C(=O)C=O. The zero-order valence-electron chi connectivity index (χ0n) is 4.63. The van der Waals surface area contributed by atoms with Crippen molar-refractivity contribution in [3.8, 4) is 0 Å². The second-order valence-electron chi connectivity index (χ2n) is 1.44. The Balaban J connectivity index is 3.62. The Labute approximate surface area is 47.3 Å². The summed E-state index contributed by atoms with van der Waals surface area (Å²) in [5, 5.41) is 8.55. The van der Waals surface area contributed by atoms with Gasteiger partial charge in [-0.25, -0.2) is 0 Å². The molecule has 0 aliphatic carbocycles. The van der Waals surface area contributed by atoms with Crippen LogP contribution in [0.4, 0.5) is 0 Å². The number of ketones is 1. The Hall–Kier alpha value is -0.700. The fourth-order valence-electron chi connectivity index (χ4n) is 0.280. The molecule has 0 unspecified atom stereocenters. The molecule has 0 aromatic heterocycles. The zero-order valence-corrected chi connectivity index (χ0v) is 4.63. The van der Waals surface area contributed by atoms with Gasteiger partial charge in [0.1, 0.15) is 6.10 Å². The van der Waals surface area contributed by atoms with Crippen molar-refractivity contribution in [3.05, 3.63) is 0 Å². The normalized spacial score (nSPS) is 12.8. The van der Waals surface area contributed by atoms with E-state index in [0.717, 1.165) is 0 Å². The van der Waals surface area contributed by atoms with Crippen LogP contribution in [-0.2, 0) is 9.59 Å². The lowest BCUT2D eigenvalue weighted by atomic mass is 10.2. The number of carbonyl (C=O) groups excluding carboxylic acids is 2. The minimum absolute atomic E-state index is 0.133. The van der Waals surface area contributed by atoms with Gasteiger partial charge in [0.05, 0.1) is 0 Å². The molecule has 1 N–H and O–H groups in total. The van der Waals surface area contributed by atoms with Crippen molar-refractivity contribution in [3.63, 3.8) is 0 Å². The number of aldehydes is 1. The van der Waals surface area contributed by atoms with Crippen LogP contribution >= 0.6 is 0 Å². The molecule has 0 rings (SSSR count). The number of hydrogen-bond acceptors (Lipinski definition) is 3. The largest absolute Gasteiger partial charge is 0.385 e. The van der Waals surface area contributed by atoms with Crippen LogP contribution in [-0.4, -0.2) is 23.3 Å². The van der Waals surface area contributed by atoms with Crippen LogP contribution in [0.3, 0.4) is 0 Å². The van der Waals surface area contributed by atoms with Crippen molar-refractivity contribution >= 4 is 12.1 Å². The summed E-state index contributed by atoms with van der Waals surface area (Å²) in [4.78, 5) is 19.7. The van der Waals surface area contributed by atoms with Crippen molar-refractivity contribution in [2.45, 2.75) is 19.4 Å². The van der Waals surface area contributed by atoms with Crippen molar-refractivity contribution in [1.82, 2.24) is 0 Å². The van der Waals surface area contributed by atoms with Gasteiger partial charge in [-0.05, 0) is 6.42 Å². The third kappa shape index (κ3) is 1.84. The maximum atomic E-state index is 10.1. The minimum Gasteiger partial charge on any atom is -0.385 e. The molecule has 0 heterocycles. The summed E-state index contributed by atoms with van der Waals surface area (Å²) in [5.74, 6) is -0.743. The minimum atomic E-state index is -1.09. The highest BCUT2D eigenvalue weighted by atomic mass is 16.3. The van der Waals surface area contributed by atoms with Crippen LogP contribution in [0.25, 0.3) is 0 Å². The molecule has 0 amide bonds. The standard InChI is InChI=1S/C5H8O3/c1-2-4(7)5(8)3-6/h3-4,7H,2H2,1H3/t4-/m1/s1. The number of aliphatic hydroxyl groups is 1. The highest BCUT2D eigenvalue weighted by molar-refractivity contribution is 6.26. The predicted octanol–water partition coefficient (Wildman–Crippen LogP) is -0.475. The van der Waals surface area contributed by atoms with E-state index in [1.165, 1.54) is 0 Å². The average molecular weight is 116 g/mol. The Kier molecular flexibility index (Phi) is 3.03. The van der Waals surface area contributed by atoms with Crippen molar-refractivity contribution < 1.29 is 14.7 Å². The van der Waals surface area contributed by atoms with Gasteiger partial charge >= 0.3 is 0 Å². The molecular weight excluding hydrogens is 108 g/mol. The van der Waals surface area contributed by atoms with E-state index in [0.29, 0.717) is 6.42 Å². The lowest BCUT2D eigenvalue weighted by Gasteiger charge is -1.96. The summed E-state index contributed by atoms with van der Waals surface area (Å²) in [5.41, 5.74) is 0. The summed E-state index contributed by atoms with van der Waals surface area (Å²) in [7, 11) is 0. The van der Waals surface area contributed by atoms with Gasteiger partial charge in [0.25, 0.3) is 0 Å². The summed E-state index contributed by atoms with van der Waals surface area (Å²) in [6.45, 7) is 1.63. The topological polar surface area (TPSA) is 54.4 Å².